The van der Waals surface area contributed by atoms with Crippen LogP contribution >= 0.6 is 0 Å². The van der Waals surface area contributed by atoms with Crippen molar-refractivity contribution in [2.75, 3.05) is 20.8 Å². The minimum atomic E-state index is -0.0669. The van der Waals surface area contributed by atoms with E-state index in [1.165, 1.54) is 14.2 Å². The van der Waals surface area contributed by atoms with E-state index in [0.717, 1.165) is 11.1 Å². The highest BCUT2D eigenvalue weighted by molar-refractivity contribution is 5.78. The fraction of sp³-hybridized carbons (Fsp3) is 0.294. The van der Waals surface area contributed by atoms with E-state index in [9.17, 15) is 9.90 Å². The van der Waals surface area contributed by atoms with Gasteiger partial charge in [0.2, 0.25) is 11.7 Å². The smallest absolute Gasteiger partial charge is 0.224 e. The number of carbonyl (C=O) groups is 1. The maximum atomic E-state index is 11.9. The first-order valence-corrected chi connectivity index (χ1v) is 7.23. The number of hydrogen-bond donors (Lipinski definition) is 2. The van der Waals surface area contributed by atoms with Crippen LogP contribution in [0.4, 0.5) is 0 Å². The number of nitrogens with one attached hydrogen (secondary N) is 1. The minimum absolute atomic E-state index is 0.0172. The van der Waals surface area contributed by atoms with Gasteiger partial charge in [0.25, 0.3) is 0 Å². The third kappa shape index (κ3) is 4.60. The monoisotopic (exact) mass is 316 g/mol. The standard InChI is InChI=1S/C17H20N2O4/c1-22-15-9-12(8-14(20)17(15)23-2)5-7-19-16(21)10-13-4-3-6-18-11-13/h3-4,6,8-9,11,20H,5,7,10H2,1-2H3,(H,19,21). The van der Waals surface area contributed by atoms with Crippen molar-refractivity contribution in [3.05, 3.63) is 47.8 Å². The number of ether oxygens (including phenoxy) is 2. The number of benzene rings is 1. The highest BCUT2D eigenvalue weighted by Crippen LogP contribution is 2.37. The molecule has 0 saturated heterocycles. The van der Waals surface area contributed by atoms with Crippen LogP contribution in [0.25, 0.3) is 0 Å². The average Bonchev–Trinajstić information content (AvgIpc) is 2.55. The van der Waals surface area contributed by atoms with E-state index in [1.54, 1.807) is 30.6 Å². The van der Waals surface area contributed by atoms with E-state index in [0.29, 0.717) is 30.9 Å². The zero-order valence-electron chi connectivity index (χ0n) is 13.2. The number of phenolic OH excluding ortho intramolecular Hbond substituents is 1. The lowest BCUT2D eigenvalue weighted by atomic mass is 10.1. The molecular weight excluding hydrogens is 296 g/mol. The molecular formula is C17H20N2O4. The summed E-state index contributed by atoms with van der Waals surface area (Å²) in [5.74, 6) is 0.715. The third-order valence-electron chi connectivity index (χ3n) is 3.34. The van der Waals surface area contributed by atoms with Gasteiger partial charge in [-0.15, -0.1) is 0 Å². The van der Waals surface area contributed by atoms with Gasteiger partial charge in [0, 0.05) is 18.9 Å². The molecule has 1 aromatic carbocycles. The molecule has 0 saturated carbocycles. The number of phenols is 1. The van der Waals surface area contributed by atoms with E-state index < -0.39 is 0 Å². The highest BCUT2D eigenvalue weighted by Gasteiger charge is 2.11. The molecule has 0 spiro atoms. The Balaban J connectivity index is 1.89. The molecule has 122 valence electrons. The van der Waals surface area contributed by atoms with Crippen LogP contribution in [0.15, 0.2) is 36.7 Å². The first-order chi connectivity index (χ1) is 11.1. The Labute approximate surface area is 135 Å². The van der Waals surface area contributed by atoms with Crippen molar-refractivity contribution in [2.24, 2.45) is 0 Å². The van der Waals surface area contributed by atoms with Gasteiger partial charge >= 0.3 is 0 Å². The average molecular weight is 316 g/mol. The van der Waals surface area contributed by atoms with Crippen LogP contribution < -0.4 is 14.8 Å². The topological polar surface area (TPSA) is 80.7 Å². The number of methoxy groups -OCH3 is 2. The minimum Gasteiger partial charge on any atom is -0.504 e. The summed E-state index contributed by atoms with van der Waals surface area (Å²) in [6.07, 6.45) is 4.22. The van der Waals surface area contributed by atoms with Gasteiger partial charge in [-0.2, -0.15) is 0 Å². The van der Waals surface area contributed by atoms with E-state index in [-0.39, 0.29) is 11.7 Å². The highest BCUT2D eigenvalue weighted by atomic mass is 16.5. The Hall–Kier alpha value is -2.76. The maximum absolute atomic E-state index is 11.9. The molecule has 0 unspecified atom stereocenters. The summed E-state index contributed by atoms with van der Waals surface area (Å²) >= 11 is 0. The number of amides is 1. The lowest BCUT2D eigenvalue weighted by Crippen LogP contribution is -2.27. The Morgan fingerprint density at radius 1 is 1.26 bits per heavy atom. The normalized spacial score (nSPS) is 10.2. The molecule has 0 bridgehead atoms. The maximum Gasteiger partial charge on any atom is 0.224 e. The van der Waals surface area contributed by atoms with E-state index >= 15 is 0 Å². The Morgan fingerprint density at radius 2 is 2.09 bits per heavy atom. The van der Waals surface area contributed by atoms with Crippen LogP contribution in [0.1, 0.15) is 11.1 Å². The molecule has 1 amide bonds. The van der Waals surface area contributed by atoms with Crippen molar-refractivity contribution in [2.45, 2.75) is 12.8 Å². The summed E-state index contributed by atoms with van der Waals surface area (Å²) in [7, 11) is 2.98. The molecule has 0 atom stereocenters. The lowest BCUT2D eigenvalue weighted by Gasteiger charge is -2.12. The molecule has 1 aromatic heterocycles. The number of aromatic nitrogens is 1. The quantitative estimate of drug-likeness (QED) is 0.813. The van der Waals surface area contributed by atoms with Gasteiger partial charge in [-0.25, -0.2) is 0 Å². The zero-order chi connectivity index (χ0) is 16.7. The summed E-state index contributed by atoms with van der Waals surface area (Å²) in [6, 6.07) is 7.05. The van der Waals surface area contributed by atoms with Gasteiger partial charge in [0.15, 0.2) is 11.5 Å². The molecule has 0 aliphatic heterocycles. The Kier molecular flexibility index (Phi) is 5.80. The summed E-state index contributed by atoms with van der Waals surface area (Å²) in [4.78, 5) is 15.8. The molecule has 2 N–H and O–H groups in total. The largest absolute Gasteiger partial charge is 0.504 e. The fourth-order valence-electron chi connectivity index (χ4n) is 2.24. The predicted molar refractivity (Wildman–Crippen MR) is 85.9 cm³/mol. The SMILES string of the molecule is COc1cc(CCNC(=O)Cc2cccnc2)cc(O)c1OC. The van der Waals surface area contributed by atoms with E-state index in [2.05, 4.69) is 10.3 Å². The van der Waals surface area contributed by atoms with Gasteiger partial charge < -0.3 is 19.9 Å². The Morgan fingerprint density at radius 3 is 2.74 bits per heavy atom. The van der Waals surface area contributed by atoms with E-state index in [1.807, 2.05) is 6.07 Å². The Bertz CT molecular complexity index is 659. The van der Waals surface area contributed by atoms with Crippen LogP contribution in [-0.2, 0) is 17.6 Å². The van der Waals surface area contributed by atoms with Crippen LogP contribution in [0.5, 0.6) is 17.2 Å². The van der Waals surface area contributed by atoms with Gasteiger partial charge in [-0.05, 0) is 35.7 Å². The number of hydrogen-bond acceptors (Lipinski definition) is 5. The number of rotatable bonds is 7. The van der Waals surface area contributed by atoms with Crippen LogP contribution in [0.2, 0.25) is 0 Å². The predicted octanol–water partition coefficient (Wildman–Crippen LogP) is 1.71. The molecule has 0 radical (unpaired) electrons. The number of pyridine rings is 1. The van der Waals surface area contributed by atoms with Crippen LogP contribution in [-0.4, -0.2) is 36.8 Å². The fourth-order valence-corrected chi connectivity index (χ4v) is 2.24. The first-order valence-electron chi connectivity index (χ1n) is 7.23. The third-order valence-corrected chi connectivity index (χ3v) is 3.34. The summed E-state index contributed by atoms with van der Waals surface area (Å²) < 4.78 is 10.3. The molecule has 2 rings (SSSR count). The molecule has 0 aliphatic rings. The zero-order valence-corrected chi connectivity index (χ0v) is 13.2. The summed E-state index contributed by atoms with van der Waals surface area (Å²) in [5.41, 5.74) is 1.72. The molecule has 1 heterocycles. The molecule has 6 nitrogen and oxygen atoms in total. The van der Waals surface area contributed by atoms with Crippen molar-refractivity contribution in [1.82, 2.24) is 10.3 Å². The van der Waals surface area contributed by atoms with Crippen LogP contribution in [0, 0.1) is 0 Å². The van der Waals surface area contributed by atoms with Crippen molar-refractivity contribution in [3.8, 4) is 17.2 Å². The summed E-state index contributed by atoms with van der Waals surface area (Å²) in [5, 5.41) is 12.8. The molecule has 2 aromatic rings. The molecule has 23 heavy (non-hydrogen) atoms. The molecule has 0 aliphatic carbocycles. The van der Waals surface area contributed by atoms with Gasteiger partial charge in [0.05, 0.1) is 20.6 Å². The summed E-state index contributed by atoms with van der Waals surface area (Å²) in [6.45, 7) is 0.466. The van der Waals surface area contributed by atoms with Crippen LogP contribution in [0.3, 0.4) is 0 Å². The lowest BCUT2D eigenvalue weighted by molar-refractivity contribution is -0.120. The second-order valence-corrected chi connectivity index (χ2v) is 4.99. The van der Waals surface area contributed by atoms with Crippen molar-refractivity contribution in [1.29, 1.82) is 0 Å². The van der Waals surface area contributed by atoms with Gasteiger partial charge in [-0.1, -0.05) is 6.07 Å². The van der Waals surface area contributed by atoms with Gasteiger partial charge in [-0.3, -0.25) is 9.78 Å². The van der Waals surface area contributed by atoms with Gasteiger partial charge in [0.1, 0.15) is 0 Å². The van der Waals surface area contributed by atoms with Crippen molar-refractivity contribution in [3.63, 3.8) is 0 Å². The second-order valence-electron chi connectivity index (χ2n) is 4.99. The number of carbonyl (C=O) groups excluding carboxylic acids is 1. The second kappa shape index (κ2) is 8.03. The molecule has 0 fully saturated rings. The number of aromatic hydroxyl groups is 1. The molecule has 6 heteroatoms. The first kappa shape index (κ1) is 16.6. The number of nitrogens with zero attached hydrogens (tertiary/aromatic N) is 1. The van der Waals surface area contributed by atoms with Crippen molar-refractivity contribution < 1.29 is 19.4 Å². The van der Waals surface area contributed by atoms with E-state index in [4.69, 9.17) is 9.47 Å². The van der Waals surface area contributed by atoms with Crippen molar-refractivity contribution >= 4 is 5.91 Å².